The minimum absolute atomic E-state index is 0.0237. The maximum absolute atomic E-state index is 14.9. The molecule has 7 rings (SSSR count). The second-order valence-electron chi connectivity index (χ2n) is 13.1. The van der Waals surface area contributed by atoms with Crippen LogP contribution in [-0.2, 0) is 29.2 Å². The van der Waals surface area contributed by atoms with Crippen molar-refractivity contribution in [2.24, 2.45) is 0 Å². The summed E-state index contributed by atoms with van der Waals surface area (Å²) in [4.78, 5) is 61.3. The molecular weight excluding hydrogens is 697 g/mol. The molecule has 0 unspecified atom stereocenters. The molecule has 1 fully saturated rings. The van der Waals surface area contributed by atoms with Crippen LogP contribution in [0.1, 0.15) is 55.9 Å². The summed E-state index contributed by atoms with van der Waals surface area (Å²) >= 11 is 0. The van der Waals surface area contributed by atoms with Crippen LogP contribution in [0.4, 0.5) is 4.39 Å². The lowest BCUT2D eigenvalue weighted by atomic mass is 10.0. The highest BCUT2D eigenvalue weighted by atomic mass is 19.1. The molecule has 0 saturated carbocycles. The van der Waals surface area contributed by atoms with Crippen molar-refractivity contribution in [3.8, 4) is 17.2 Å². The monoisotopic (exact) mass is 735 g/mol. The maximum Gasteiger partial charge on any atom is 0.276 e. The van der Waals surface area contributed by atoms with E-state index in [0.717, 1.165) is 5.69 Å². The number of amides is 4. The summed E-state index contributed by atoms with van der Waals surface area (Å²) in [5.41, 5.74) is 1.52. The zero-order valence-corrected chi connectivity index (χ0v) is 29.6. The Labute approximate surface area is 309 Å². The maximum atomic E-state index is 14.9. The van der Waals surface area contributed by atoms with Crippen LogP contribution in [0.2, 0.25) is 0 Å². The molecule has 16 heteroatoms. The number of aryl methyl sites for hydroxylation is 1. The Morgan fingerprint density at radius 1 is 1.06 bits per heavy atom. The first-order valence-corrected chi connectivity index (χ1v) is 17.5. The molecule has 4 amide bonds. The van der Waals surface area contributed by atoms with Crippen molar-refractivity contribution in [1.29, 1.82) is 0 Å². The number of halogens is 1. The number of nitrogens with one attached hydrogen (secondary N) is 2. The SMILES string of the molecule is CCn1ccnc1CNC(=O)c1cc2cc(c1)C(=O)N(C)CC(=O)N[C@@H]1CN(C(=O)c3cn(-c4ccccc4)nn3)CC[C@@H]1OCc1cc(F)cc(c1)O2. The van der Waals surface area contributed by atoms with E-state index in [1.165, 1.54) is 47.0 Å². The van der Waals surface area contributed by atoms with Crippen LogP contribution < -0.4 is 15.4 Å². The molecule has 3 aromatic carbocycles. The lowest BCUT2D eigenvalue weighted by Gasteiger charge is -2.38. The normalized spacial score (nSPS) is 17.7. The number of fused-ring (bicyclic) bond motifs is 5. The first kappa shape index (κ1) is 36.0. The minimum atomic E-state index is -0.679. The number of imidazole rings is 1. The topological polar surface area (TPSA) is 166 Å². The summed E-state index contributed by atoms with van der Waals surface area (Å²) in [5.74, 6) is -1.61. The number of nitrogens with zero attached hydrogens (tertiary/aromatic N) is 7. The van der Waals surface area contributed by atoms with E-state index in [0.29, 0.717) is 30.9 Å². The first-order valence-electron chi connectivity index (χ1n) is 17.5. The predicted molar refractivity (Wildman–Crippen MR) is 191 cm³/mol. The van der Waals surface area contributed by atoms with Gasteiger partial charge in [0.05, 0.1) is 43.7 Å². The van der Waals surface area contributed by atoms with Gasteiger partial charge >= 0.3 is 0 Å². The summed E-state index contributed by atoms with van der Waals surface area (Å²) in [6.07, 6.45) is 4.80. The van der Waals surface area contributed by atoms with E-state index in [1.54, 1.807) is 29.6 Å². The fourth-order valence-corrected chi connectivity index (χ4v) is 6.52. The molecular formula is C38H38FN9O6. The molecule has 0 radical (unpaired) electrons. The first-order chi connectivity index (χ1) is 26.1. The number of carbonyl (C=O) groups is 4. The van der Waals surface area contributed by atoms with Crippen molar-refractivity contribution < 1.29 is 33.0 Å². The van der Waals surface area contributed by atoms with E-state index in [1.807, 2.05) is 41.8 Å². The van der Waals surface area contributed by atoms with Crippen molar-refractivity contribution in [3.63, 3.8) is 0 Å². The van der Waals surface area contributed by atoms with E-state index in [9.17, 15) is 23.6 Å². The van der Waals surface area contributed by atoms with Crippen molar-refractivity contribution in [2.75, 3.05) is 26.7 Å². The summed E-state index contributed by atoms with van der Waals surface area (Å²) in [6.45, 7) is 2.80. The molecule has 278 valence electrons. The van der Waals surface area contributed by atoms with Gasteiger partial charge < -0.3 is 34.5 Å². The fourth-order valence-electron chi connectivity index (χ4n) is 6.52. The number of hydrogen-bond acceptors (Lipinski definition) is 9. The number of carbonyl (C=O) groups excluding carboxylic acids is 4. The average Bonchev–Trinajstić information content (AvgIpc) is 3.86. The summed E-state index contributed by atoms with van der Waals surface area (Å²) in [5, 5.41) is 14.0. The summed E-state index contributed by atoms with van der Waals surface area (Å²) < 4.78 is 30.6. The van der Waals surface area contributed by atoms with E-state index in [4.69, 9.17) is 9.47 Å². The highest BCUT2D eigenvalue weighted by molar-refractivity contribution is 6.01. The zero-order chi connectivity index (χ0) is 37.8. The van der Waals surface area contributed by atoms with Crippen molar-refractivity contribution >= 4 is 23.6 Å². The zero-order valence-electron chi connectivity index (χ0n) is 29.6. The van der Waals surface area contributed by atoms with Gasteiger partial charge in [-0.25, -0.2) is 14.1 Å². The molecule has 15 nitrogen and oxygen atoms in total. The Kier molecular flexibility index (Phi) is 10.4. The molecule has 54 heavy (non-hydrogen) atoms. The van der Waals surface area contributed by atoms with Gasteiger partial charge in [0.15, 0.2) is 5.69 Å². The number of para-hydroxylation sites is 1. The molecule has 4 bridgehead atoms. The average molecular weight is 736 g/mol. The third-order valence-corrected chi connectivity index (χ3v) is 9.24. The number of likely N-dealkylation sites (N-methyl/N-ethyl adjacent to an activating group) is 1. The predicted octanol–water partition coefficient (Wildman–Crippen LogP) is 3.35. The number of piperidine rings is 1. The Morgan fingerprint density at radius 2 is 1.87 bits per heavy atom. The van der Waals surface area contributed by atoms with Gasteiger partial charge in [0.25, 0.3) is 17.7 Å². The highest BCUT2D eigenvalue weighted by Gasteiger charge is 2.35. The second kappa shape index (κ2) is 15.7. The molecule has 2 aromatic heterocycles. The lowest BCUT2D eigenvalue weighted by molar-refractivity contribution is -0.124. The van der Waals surface area contributed by atoms with Crippen molar-refractivity contribution in [3.05, 3.63) is 119 Å². The van der Waals surface area contributed by atoms with E-state index < -0.39 is 35.7 Å². The summed E-state index contributed by atoms with van der Waals surface area (Å²) in [6, 6.07) is 17.0. The standard InChI is InChI=1S/C38H38FN9O6/c1-3-46-12-10-40-34(46)19-41-36(50)25-15-26-17-30(16-25)54-29-14-24(13-27(39)18-29)23-53-33-9-11-47(20-31(33)42-35(49)22-45(2)37(26)51)38(52)32-21-48(44-43-32)28-7-5-4-6-8-28/h4-8,10,12-18,21,31,33H,3,9,11,19-20,22-23H2,1-2H3,(H,41,50)(H,42,49)/t31-,33+/m1/s1. The van der Waals surface area contributed by atoms with Gasteiger partial charge in [0.1, 0.15) is 23.1 Å². The van der Waals surface area contributed by atoms with Crippen LogP contribution in [0.5, 0.6) is 11.5 Å². The van der Waals surface area contributed by atoms with E-state index in [-0.39, 0.29) is 60.5 Å². The molecule has 5 aromatic rings. The van der Waals surface area contributed by atoms with Crippen LogP contribution in [-0.4, -0.2) is 96.8 Å². The van der Waals surface area contributed by atoms with Crippen LogP contribution >= 0.6 is 0 Å². The highest BCUT2D eigenvalue weighted by Crippen LogP contribution is 2.28. The third-order valence-electron chi connectivity index (χ3n) is 9.24. The number of aromatic nitrogens is 5. The minimum Gasteiger partial charge on any atom is -0.457 e. The quantitative estimate of drug-likeness (QED) is 0.266. The van der Waals surface area contributed by atoms with Gasteiger partial charge in [0, 0.05) is 56.3 Å². The molecule has 0 aliphatic carbocycles. The smallest absolute Gasteiger partial charge is 0.276 e. The molecule has 0 spiro atoms. The van der Waals surface area contributed by atoms with Gasteiger partial charge in [-0.3, -0.25) is 19.2 Å². The number of benzene rings is 3. The van der Waals surface area contributed by atoms with Crippen LogP contribution in [0.3, 0.4) is 0 Å². The number of hydrogen-bond donors (Lipinski definition) is 2. The molecule has 4 heterocycles. The number of rotatable bonds is 6. The Morgan fingerprint density at radius 3 is 2.69 bits per heavy atom. The molecule has 2 N–H and O–H groups in total. The van der Waals surface area contributed by atoms with Crippen molar-refractivity contribution in [2.45, 2.75) is 45.2 Å². The Bertz CT molecular complexity index is 2190. The molecule has 2 atom stereocenters. The van der Waals surface area contributed by atoms with Gasteiger partial charge in [0.2, 0.25) is 5.91 Å². The number of ether oxygens (including phenoxy) is 2. The van der Waals surface area contributed by atoms with Crippen LogP contribution in [0, 0.1) is 5.82 Å². The second-order valence-corrected chi connectivity index (χ2v) is 13.1. The van der Waals surface area contributed by atoms with Gasteiger partial charge in [-0.05, 0) is 61.4 Å². The lowest BCUT2D eigenvalue weighted by Crippen LogP contribution is -2.58. The summed E-state index contributed by atoms with van der Waals surface area (Å²) in [7, 11) is 1.46. The van der Waals surface area contributed by atoms with E-state index in [2.05, 4.69) is 25.9 Å². The van der Waals surface area contributed by atoms with E-state index >= 15 is 0 Å². The fraction of sp³-hybridized carbons (Fsp3) is 0.289. The number of likely N-dealkylation sites (tertiary alicyclic amines) is 1. The molecule has 1 saturated heterocycles. The Balaban J connectivity index is 1.13. The molecule has 2 aliphatic rings. The largest absolute Gasteiger partial charge is 0.457 e. The van der Waals surface area contributed by atoms with Gasteiger partial charge in [-0.1, -0.05) is 23.4 Å². The van der Waals surface area contributed by atoms with Crippen LogP contribution in [0.25, 0.3) is 5.69 Å². The third kappa shape index (κ3) is 8.13. The van der Waals surface area contributed by atoms with Gasteiger partial charge in [-0.2, -0.15) is 0 Å². The van der Waals surface area contributed by atoms with Crippen molar-refractivity contribution in [1.82, 2.24) is 45.0 Å². The van der Waals surface area contributed by atoms with Crippen LogP contribution in [0.15, 0.2) is 85.3 Å². The molecule has 2 aliphatic heterocycles. The van der Waals surface area contributed by atoms with Gasteiger partial charge in [-0.15, -0.1) is 5.10 Å². The Hall–Kier alpha value is -6.42.